The highest BCUT2D eigenvalue weighted by Crippen LogP contribution is 2.25. The van der Waals surface area contributed by atoms with Crippen molar-refractivity contribution in [3.05, 3.63) is 54.1 Å². The molecule has 2 aromatic rings. The molecule has 0 saturated carbocycles. The summed E-state index contributed by atoms with van der Waals surface area (Å²) >= 11 is 0. The summed E-state index contributed by atoms with van der Waals surface area (Å²) in [5.41, 5.74) is 8.75. The lowest BCUT2D eigenvalue weighted by Crippen LogP contribution is -2.23. The van der Waals surface area contributed by atoms with Gasteiger partial charge in [0.15, 0.2) is 0 Å². The largest absolute Gasteiger partial charge is 0.497 e. The summed E-state index contributed by atoms with van der Waals surface area (Å²) in [5, 5.41) is 2.45. The van der Waals surface area contributed by atoms with Gasteiger partial charge in [0, 0.05) is 6.04 Å². The molecule has 2 aromatic carbocycles. The van der Waals surface area contributed by atoms with Crippen LogP contribution in [0.25, 0.3) is 10.8 Å². The predicted octanol–water partition coefficient (Wildman–Crippen LogP) is 4.07. The van der Waals surface area contributed by atoms with Crippen LogP contribution in [0.2, 0.25) is 0 Å². The van der Waals surface area contributed by atoms with Crippen LogP contribution in [0.5, 0.6) is 5.75 Å². The second-order valence-corrected chi connectivity index (χ2v) is 5.28. The maximum atomic E-state index is 6.25. The van der Waals surface area contributed by atoms with Gasteiger partial charge in [-0.3, -0.25) is 0 Å². The van der Waals surface area contributed by atoms with E-state index in [1.807, 2.05) is 6.07 Å². The summed E-state index contributed by atoms with van der Waals surface area (Å²) in [7, 11) is 1.70. The SMILES string of the molecule is C=C(CC)CC(N)Cc1cccc2ccc(OC)cc12. The lowest BCUT2D eigenvalue weighted by molar-refractivity contribution is 0.415. The van der Waals surface area contributed by atoms with Gasteiger partial charge >= 0.3 is 0 Å². The van der Waals surface area contributed by atoms with Crippen LogP contribution in [0.4, 0.5) is 0 Å². The molecule has 106 valence electrons. The fourth-order valence-electron chi connectivity index (χ4n) is 2.49. The molecule has 0 spiro atoms. The van der Waals surface area contributed by atoms with Crippen molar-refractivity contribution in [1.82, 2.24) is 0 Å². The molecule has 0 amide bonds. The minimum atomic E-state index is 0.124. The fraction of sp³-hybridized carbons (Fsp3) is 0.333. The molecule has 0 bridgehead atoms. The maximum Gasteiger partial charge on any atom is 0.119 e. The third-order valence-electron chi connectivity index (χ3n) is 3.71. The van der Waals surface area contributed by atoms with E-state index in [0.29, 0.717) is 0 Å². The first-order chi connectivity index (χ1) is 9.63. The molecule has 1 unspecified atom stereocenters. The van der Waals surface area contributed by atoms with Crippen LogP contribution in [0.1, 0.15) is 25.3 Å². The van der Waals surface area contributed by atoms with Crippen molar-refractivity contribution in [3.8, 4) is 5.75 Å². The first kappa shape index (κ1) is 14.6. The van der Waals surface area contributed by atoms with Crippen molar-refractivity contribution in [2.75, 3.05) is 7.11 Å². The quantitative estimate of drug-likeness (QED) is 0.802. The normalized spacial score (nSPS) is 12.3. The fourth-order valence-corrected chi connectivity index (χ4v) is 2.49. The summed E-state index contributed by atoms with van der Waals surface area (Å²) in [5.74, 6) is 0.886. The molecule has 0 aliphatic carbocycles. The third-order valence-corrected chi connectivity index (χ3v) is 3.71. The van der Waals surface area contributed by atoms with Gasteiger partial charge in [-0.25, -0.2) is 0 Å². The molecule has 2 heteroatoms. The van der Waals surface area contributed by atoms with Gasteiger partial charge in [-0.05, 0) is 47.7 Å². The number of hydrogen-bond acceptors (Lipinski definition) is 2. The van der Waals surface area contributed by atoms with Crippen molar-refractivity contribution >= 4 is 10.8 Å². The van der Waals surface area contributed by atoms with Crippen molar-refractivity contribution in [2.45, 2.75) is 32.2 Å². The Labute approximate surface area is 121 Å². The number of benzene rings is 2. The van der Waals surface area contributed by atoms with Crippen molar-refractivity contribution in [1.29, 1.82) is 0 Å². The Bertz CT molecular complexity index is 603. The summed E-state index contributed by atoms with van der Waals surface area (Å²) in [6.45, 7) is 6.17. The van der Waals surface area contributed by atoms with Gasteiger partial charge in [0.05, 0.1) is 7.11 Å². The standard InChI is InChI=1S/C18H23NO/c1-4-13(2)10-16(19)11-15-7-5-6-14-8-9-17(20-3)12-18(14)15/h5-9,12,16H,2,4,10-11,19H2,1,3H3. The number of fused-ring (bicyclic) bond motifs is 1. The number of methoxy groups -OCH3 is 1. The topological polar surface area (TPSA) is 35.2 Å². The van der Waals surface area contributed by atoms with Gasteiger partial charge in [-0.1, -0.05) is 43.3 Å². The van der Waals surface area contributed by atoms with Crippen LogP contribution in [0, 0.1) is 0 Å². The Morgan fingerprint density at radius 3 is 2.80 bits per heavy atom. The van der Waals surface area contributed by atoms with E-state index in [1.54, 1.807) is 7.11 Å². The van der Waals surface area contributed by atoms with E-state index >= 15 is 0 Å². The van der Waals surface area contributed by atoms with Gasteiger partial charge in [-0.15, -0.1) is 0 Å². The Balaban J connectivity index is 2.27. The minimum absolute atomic E-state index is 0.124. The number of ether oxygens (including phenoxy) is 1. The average Bonchev–Trinajstić information content (AvgIpc) is 2.46. The van der Waals surface area contributed by atoms with Crippen LogP contribution in [-0.2, 0) is 6.42 Å². The van der Waals surface area contributed by atoms with Crippen molar-refractivity contribution < 1.29 is 4.74 Å². The number of hydrogen-bond donors (Lipinski definition) is 1. The molecule has 0 saturated heterocycles. The smallest absolute Gasteiger partial charge is 0.119 e. The Kier molecular flexibility index (Phi) is 4.80. The highest BCUT2D eigenvalue weighted by Gasteiger charge is 2.09. The predicted molar refractivity (Wildman–Crippen MR) is 86.2 cm³/mol. The Morgan fingerprint density at radius 2 is 2.10 bits per heavy atom. The van der Waals surface area contributed by atoms with E-state index in [1.165, 1.54) is 21.9 Å². The first-order valence-electron chi connectivity index (χ1n) is 7.12. The summed E-state index contributed by atoms with van der Waals surface area (Å²) in [6.07, 6.45) is 2.75. The molecule has 1 atom stereocenters. The van der Waals surface area contributed by atoms with E-state index in [0.717, 1.165) is 25.0 Å². The molecule has 0 aliphatic heterocycles. The van der Waals surface area contributed by atoms with Crippen molar-refractivity contribution in [2.24, 2.45) is 5.73 Å². The molecule has 2 rings (SSSR count). The van der Waals surface area contributed by atoms with E-state index in [-0.39, 0.29) is 6.04 Å². The van der Waals surface area contributed by atoms with Gasteiger partial charge in [0.1, 0.15) is 5.75 Å². The summed E-state index contributed by atoms with van der Waals surface area (Å²) in [6, 6.07) is 12.7. The molecule has 2 nitrogen and oxygen atoms in total. The molecule has 0 aromatic heterocycles. The van der Waals surface area contributed by atoms with Gasteiger partial charge in [0.2, 0.25) is 0 Å². The van der Waals surface area contributed by atoms with Crippen molar-refractivity contribution in [3.63, 3.8) is 0 Å². The molecular weight excluding hydrogens is 246 g/mol. The highest BCUT2D eigenvalue weighted by atomic mass is 16.5. The van der Waals surface area contributed by atoms with E-state index in [2.05, 4.69) is 43.8 Å². The average molecular weight is 269 g/mol. The van der Waals surface area contributed by atoms with E-state index < -0.39 is 0 Å². The monoisotopic (exact) mass is 269 g/mol. The third kappa shape index (κ3) is 3.40. The highest BCUT2D eigenvalue weighted by molar-refractivity contribution is 5.87. The molecular formula is C18H23NO. The first-order valence-corrected chi connectivity index (χ1v) is 7.12. The van der Waals surface area contributed by atoms with Gasteiger partial charge < -0.3 is 10.5 Å². The molecule has 20 heavy (non-hydrogen) atoms. The Morgan fingerprint density at radius 1 is 1.30 bits per heavy atom. The summed E-state index contributed by atoms with van der Waals surface area (Å²) < 4.78 is 5.32. The van der Waals surface area contributed by atoms with E-state index in [9.17, 15) is 0 Å². The molecule has 0 fully saturated rings. The Hall–Kier alpha value is -1.80. The van der Waals surface area contributed by atoms with Gasteiger partial charge in [-0.2, -0.15) is 0 Å². The molecule has 0 radical (unpaired) electrons. The maximum absolute atomic E-state index is 6.25. The number of rotatable bonds is 6. The zero-order chi connectivity index (χ0) is 14.5. The van der Waals surface area contributed by atoms with Gasteiger partial charge in [0.25, 0.3) is 0 Å². The second-order valence-electron chi connectivity index (χ2n) is 5.28. The lowest BCUT2D eigenvalue weighted by Gasteiger charge is -2.15. The van der Waals surface area contributed by atoms with Crippen LogP contribution in [0.15, 0.2) is 48.6 Å². The number of nitrogens with two attached hydrogens (primary N) is 1. The van der Waals surface area contributed by atoms with Crippen LogP contribution >= 0.6 is 0 Å². The lowest BCUT2D eigenvalue weighted by atomic mass is 9.95. The molecule has 0 heterocycles. The second kappa shape index (κ2) is 6.58. The molecule has 2 N–H and O–H groups in total. The van der Waals surface area contributed by atoms with E-state index in [4.69, 9.17) is 10.5 Å². The zero-order valence-corrected chi connectivity index (χ0v) is 12.4. The minimum Gasteiger partial charge on any atom is -0.497 e. The molecule has 0 aliphatic rings. The van der Waals surface area contributed by atoms with Crippen LogP contribution < -0.4 is 10.5 Å². The summed E-state index contributed by atoms with van der Waals surface area (Å²) in [4.78, 5) is 0. The van der Waals surface area contributed by atoms with Crippen LogP contribution in [0.3, 0.4) is 0 Å². The zero-order valence-electron chi connectivity index (χ0n) is 12.4. The van der Waals surface area contributed by atoms with Crippen LogP contribution in [-0.4, -0.2) is 13.2 Å².